The monoisotopic (exact) mass is 384 g/mol. The highest BCUT2D eigenvalue weighted by molar-refractivity contribution is 6.30. The number of nitrogens with zero attached hydrogens (tertiary/aromatic N) is 2. The first-order chi connectivity index (χ1) is 13.1. The van der Waals surface area contributed by atoms with Gasteiger partial charge in [-0.05, 0) is 29.7 Å². The Labute approximate surface area is 165 Å². The molecule has 0 bridgehead atoms. The van der Waals surface area contributed by atoms with Gasteiger partial charge in [-0.25, -0.2) is 0 Å². The van der Waals surface area contributed by atoms with Gasteiger partial charge in [0, 0.05) is 31.1 Å². The number of aliphatic hydroxyl groups is 1. The van der Waals surface area contributed by atoms with Gasteiger partial charge in [-0.1, -0.05) is 65.3 Å². The van der Waals surface area contributed by atoms with E-state index in [1.54, 1.807) is 0 Å². The van der Waals surface area contributed by atoms with Crippen molar-refractivity contribution in [2.24, 2.45) is 5.16 Å². The second kappa shape index (κ2) is 9.70. The summed E-state index contributed by atoms with van der Waals surface area (Å²) in [6.45, 7) is 5.79. The first kappa shape index (κ1) is 19.6. The maximum absolute atomic E-state index is 10.5. The summed E-state index contributed by atoms with van der Waals surface area (Å²) < 4.78 is 0. The Bertz CT molecular complexity index is 762. The zero-order valence-electron chi connectivity index (χ0n) is 15.3. The van der Waals surface area contributed by atoms with Gasteiger partial charge in [-0.3, -0.25) is 4.90 Å². The van der Waals surface area contributed by atoms with E-state index in [1.165, 1.54) is 0 Å². The van der Waals surface area contributed by atoms with Crippen molar-refractivity contribution in [1.82, 2.24) is 4.90 Å². The van der Waals surface area contributed by atoms with Crippen molar-refractivity contribution < 1.29 is 9.94 Å². The molecule has 0 amide bonds. The summed E-state index contributed by atoms with van der Waals surface area (Å²) in [6, 6.07) is 17.7. The van der Waals surface area contributed by atoms with Crippen molar-refractivity contribution >= 4 is 17.3 Å². The van der Waals surface area contributed by atoms with E-state index in [2.05, 4.69) is 16.6 Å². The van der Waals surface area contributed by atoms with Crippen LogP contribution in [0, 0.1) is 0 Å². The topological polar surface area (TPSA) is 45.1 Å². The lowest BCUT2D eigenvalue weighted by Crippen LogP contribution is -2.39. The third-order valence-electron chi connectivity index (χ3n) is 4.54. The van der Waals surface area contributed by atoms with E-state index >= 15 is 0 Å². The molecule has 1 aliphatic heterocycles. The molecule has 1 N–H and O–H groups in total. The molecule has 2 aromatic rings. The molecule has 142 valence electrons. The SMILES string of the molecule is C=CCN(CC(O)Cc1ccccc1)CC1CC(c2ccc(Cl)cc2)=NO1. The van der Waals surface area contributed by atoms with Gasteiger partial charge in [0.1, 0.15) is 6.10 Å². The predicted octanol–water partition coefficient (Wildman–Crippen LogP) is 3.92. The molecule has 0 aliphatic carbocycles. The fourth-order valence-corrected chi connectivity index (χ4v) is 3.41. The lowest BCUT2D eigenvalue weighted by atomic mass is 10.0. The summed E-state index contributed by atoms with van der Waals surface area (Å²) in [5.74, 6) is 0. The molecule has 1 aliphatic rings. The number of hydrogen-bond donors (Lipinski definition) is 1. The molecule has 0 radical (unpaired) electrons. The van der Waals surface area contributed by atoms with Crippen LogP contribution >= 0.6 is 11.6 Å². The van der Waals surface area contributed by atoms with Crippen LogP contribution in [-0.2, 0) is 11.3 Å². The standard InChI is InChI=1S/C22H25ClN2O2/c1-2-12-25(15-20(26)13-17-6-4-3-5-7-17)16-21-14-22(24-27-21)18-8-10-19(23)11-9-18/h2-11,20-21,26H,1,12-16H2. The van der Waals surface area contributed by atoms with Gasteiger partial charge < -0.3 is 9.94 Å². The van der Waals surface area contributed by atoms with Gasteiger partial charge in [0.05, 0.1) is 11.8 Å². The lowest BCUT2D eigenvalue weighted by Gasteiger charge is -2.25. The van der Waals surface area contributed by atoms with Crippen LogP contribution < -0.4 is 0 Å². The summed E-state index contributed by atoms with van der Waals surface area (Å²) >= 11 is 5.95. The van der Waals surface area contributed by atoms with Crippen LogP contribution in [0.15, 0.2) is 72.4 Å². The smallest absolute Gasteiger partial charge is 0.145 e. The predicted molar refractivity (Wildman–Crippen MR) is 110 cm³/mol. The zero-order chi connectivity index (χ0) is 19.1. The Morgan fingerprint density at radius 2 is 1.96 bits per heavy atom. The molecule has 0 saturated carbocycles. The van der Waals surface area contributed by atoms with E-state index in [0.717, 1.165) is 23.3 Å². The van der Waals surface area contributed by atoms with Crippen LogP contribution in [0.5, 0.6) is 0 Å². The second-order valence-electron chi connectivity index (χ2n) is 6.83. The van der Waals surface area contributed by atoms with Gasteiger partial charge in [0.2, 0.25) is 0 Å². The van der Waals surface area contributed by atoms with Crippen LogP contribution in [0.2, 0.25) is 5.02 Å². The Balaban J connectivity index is 1.52. The number of oxime groups is 1. The highest BCUT2D eigenvalue weighted by atomic mass is 35.5. The lowest BCUT2D eigenvalue weighted by molar-refractivity contribution is 0.0393. The van der Waals surface area contributed by atoms with Crippen molar-refractivity contribution in [3.8, 4) is 0 Å². The first-order valence-electron chi connectivity index (χ1n) is 9.18. The highest BCUT2D eigenvalue weighted by Crippen LogP contribution is 2.19. The largest absolute Gasteiger partial charge is 0.391 e. The molecule has 5 heteroatoms. The fourth-order valence-electron chi connectivity index (χ4n) is 3.28. The maximum Gasteiger partial charge on any atom is 0.145 e. The van der Waals surface area contributed by atoms with Gasteiger partial charge >= 0.3 is 0 Å². The fraction of sp³-hybridized carbons (Fsp3) is 0.318. The van der Waals surface area contributed by atoms with Gasteiger partial charge in [0.25, 0.3) is 0 Å². The minimum absolute atomic E-state index is 0.0282. The number of aliphatic hydroxyl groups excluding tert-OH is 1. The van der Waals surface area contributed by atoms with Crippen molar-refractivity contribution in [1.29, 1.82) is 0 Å². The molecule has 27 heavy (non-hydrogen) atoms. The number of halogens is 1. The molecule has 2 atom stereocenters. The minimum atomic E-state index is -0.439. The molecule has 1 heterocycles. The molecule has 0 saturated heterocycles. The first-order valence-corrected chi connectivity index (χ1v) is 9.55. The van der Waals surface area contributed by atoms with Gasteiger partial charge in [-0.2, -0.15) is 0 Å². The number of rotatable bonds is 9. The van der Waals surface area contributed by atoms with Crippen LogP contribution in [0.3, 0.4) is 0 Å². The quantitative estimate of drug-likeness (QED) is 0.666. The summed E-state index contributed by atoms with van der Waals surface area (Å²) in [5.41, 5.74) is 3.09. The molecule has 3 rings (SSSR count). The van der Waals surface area contributed by atoms with E-state index < -0.39 is 6.10 Å². The molecular formula is C22H25ClN2O2. The molecule has 2 aromatic carbocycles. The zero-order valence-corrected chi connectivity index (χ0v) is 16.1. The normalized spacial score (nSPS) is 17.4. The summed E-state index contributed by atoms with van der Waals surface area (Å²) in [6.07, 6.45) is 2.76. The van der Waals surface area contributed by atoms with E-state index in [1.807, 2.05) is 60.7 Å². The van der Waals surface area contributed by atoms with Crippen LogP contribution in [0.25, 0.3) is 0 Å². The summed E-state index contributed by atoms with van der Waals surface area (Å²) in [7, 11) is 0. The van der Waals surface area contributed by atoms with E-state index in [4.69, 9.17) is 16.4 Å². The summed E-state index contributed by atoms with van der Waals surface area (Å²) in [4.78, 5) is 7.78. The van der Waals surface area contributed by atoms with Crippen molar-refractivity contribution in [3.63, 3.8) is 0 Å². The van der Waals surface area contributed by atoms with Gasteiger partial charge in [0.15, 0.2) is 0 Å². The average molecular weight is 385 g/mol. The van der Waals surface area contributed by atoms with E-state index in [9.17, 15) is 5.11 Å². The Kier molecular flexibility index (Phi) is 7.04. The van der Waals surface area contributed by atoms with Crippen molar-refractivity contribution in [2.75, 3.05) is 19.6 Å². The van der Waals surface area contributed by atoms with Gasteiger partial charge in [-0.15, -0.1) is 6.58 Å². The summed E-state index contributed by atoms with van der Waals surface area (Å²) in [5, 5.41) is 15.4. The van der Waals surface area contributed by atoms with Crippen LogP contribution in [0.4, 0.5) is 0 Å². The third kappa shape index (κ3) is 5.93. The Hall–Kier alpha value is -2.14. The molecule has 2 unspecified atom stereocenters. The van der Waals surface area contributed by atoms with Crippen LogP contribution in [-0.4, -0.2) is 47.6 Å². The second-order valence-corrected chi connectivity index (χ2v) is 7.26. The number of hydrogen-bond acceptors (Lipinski definition) is 4. The van der Waals surface area contributed by atoms with Crippen molar-refractivity contribution in [2.45, 2.75) is 25.0 Å². The molecule has 4 nitrogen and oxygen atoms in total. The molecular weight excluding hydrogens is 360 g/mol. The Morgan fingerprint density at radius 1 is 1.22 bits per heavy atom. The van der Waals surface area contributed by atoms with Crippen LogP contribution in [0.1, 0.15) is 17.5 Å². The Morgan fingerprint density at radius 3 is 2.67 bits per heavy atom. The third-order valence-corrected chi connectivity index (χ3v) is 4.79. The van der Waals surface area contributed by atoms with E-state index in [0.29, 0.717) is 31.1 Å². The van der Waals surface area contributed by atoms with Crippen molar-refractivity contribution in [3.05, 3.63) is 83.4 Å². The highest BCUT2D eigenvalue weighted by Gasteiger charge is 2.25. The molecule has 0 spiro atoms. The van der Waals surface area contributed by atoms with E-state index in [-0.39, 0.29) is 6.10 Å². The maximum atomic E-state index is 10.5. The minimum Gasteiger partial charge on any atom is -0.391 e. The molecule has 0 fully saturated rings. The number of benzene rings is 2. The molecule has 0 aromatic heterocycles. The average Bonchev–Trinajstić information content (AvgIpc) is 3.11.